The number of rotatable bonds is 4. The van der Waals surface area contributed by atoms with Crippen LogP contribution in [0.1, 0.15) is 12.0 Å². The van der Waals surface area contributed by atoms with E-state index in [1.165, 1.54) is 0 Å². The van der Waals surface area contributed by atoms with E-state index in [1.807, 2.05) is 31.5 Å². The number of nitrogens with zero attached hydrogens (tertiary/aromatic N) is 1. The summed E-state index contributed by atoms with van der Waals surface area (Å²) in [6.45, 7) is 2.35. The van der Waals surface area contributed by atoms with Crippen LogP contribution < -0.4 is 26.9 Å². The van der Waals surface area contributed by atoms with Gasteiger partial charge in [-0.25, -0.2) is 17.7 Å². The predicted molar refractivity (Wildman–Crippen MR) is 70.9 cm³/mol. The van der Waals surface area contributed by atoms with Gasteiger partial charge in [0.25, 0.3) is 0 Å². The molecule has 0 aliphatic heterocycles. The Hall–Kier alpha value is -1.89. The Kier molecular flexibility index (Phi) is 6.55. The molecule has 2 rings (SSSR count). The number of halogens is 4. The number of carbonyl (C=O) groups is 1. The largest absolute Gasteiger partial charge is 1.00 e. The first-order valence-electron chi connectivity index (χ1n) is 6.36. The average molecular weight is 375 g/mol. The van der Waals surface area contributed by atoms with Crippen molar-refractivity contribution in [2.75, 3.05) is 5.32 Å². The highest BCUT2D eigenvalue weighted by Gasteiger charge is 2.15. The molecule has 0 aliphatic carbocycles. The van der Waals surface area contributed by atoms with Crippen LogP contribution in [0.2, 0.25) is 0 Å². The van der Waals surface area contributed by atoms with Crippen molar-refractivity contribution in [2.24, 2.45) is 0 Å². The van der Waals surface area contributed by atoms with E-state index in [1.54, 1.807) is 4.57 Å². The number of nitrogens with one attached hydrogen (secondary N) is 1. The monoisotopic (exact) mass is 374 g/mol. The minimum atomic E-state index is -1.60. The molecule has 0 spiro atoms. The number of anilines is 1. The Morgan fingerprint density at radius 2 is 1.73 bits per heavy atom. The van der Waals surface area contributed by atoms with Crippen molar-refractivity contribution in [1.82, 2.24) is 0 Å². The summed E-state index contributed by atoms with van der Waals surface area (Å²) in [5.41, 5.74) is 0.729. The zero-order valence-corrected chi connectivity index (χ0v) is 13.3. The summed E-state index contributed by atoms with van der Waals surface area (Å²) in [4.78, 5) is 11.7. The van der Waals surface area contributed by atoms with E-state index in [4.69, 9.17) is 0 Å². The van der Waals surface area contributed by atoms with E-state index in [9.17, 15) is 18.0 Å². The van der Waals surface area contributed by atoms with Gasteiger partial charge in [-0.1, -0.05) is 0 Å². The molecule has 0 aliphatic rings. The zero-order chi connectivity index (χ0) is 15.4. The number of pyridine rings is 1. The predicted octanol–water partition coefficient (Wildman–Crippen LogP) is -0.267. The van der Waals surface area contributed by atoms with Crippen molar-refractivity contribution in [1.29, 1.82) is 0 Å². The number of hydrogen-bond donors (Lipinski definition) is 1. The van der Waals surface area contributed by atoms with Crippen molar-refractivity contribution >= 4 is 11.6 Å². The molecule has 22 heavy (non-hydrogen) atoms. The summed E-state index contributed by atoms with van der Waals surface area (Å²) in [7, 11) is 0. The zero-order valence-electron chi connectivity index (χ0n) is 11.7. The van der Waals surface area contributed by atoms with Gasteiger partial charge in [0.2, 0.25) is 5.91 Å². The van der Waals surface area contributed by atoms with Gasteiger partial charge in [0.1, 0.15) is 0 Å². The Labute approximate surface area is 136 Å². The maximum Gasteiger partial charge on any atom is 0.230 e. The van der Waals surface area contributed by atoms with Crippen LogP contribution in [0.3, 0.4) is 0 Å². The fraction of sp³-hybridized carbons (Fsp3) is 0.200. The lowest BCUT2D eigenvalue weighted by Crippen LogP contribution is -3.00. The molecule has 118 valence electrons. The Balaban J connectivity index is 0.00000242. The lowest BCUT2D eigenvalue weighted by Gasteiger charge is -2.06. The van der Waals surface area contributed by atoms with E-state index >= 15 is 0 Å². The quantitative estimate of drug-likeness (QED) is 0.580. The maximum atomic E-state index is 13.4. The Morgan fingerprint density at radius 1 is 1.09 bits per heavy atom. The second-order valence-electron chi connectivity index (χ2n) is 4.63. The first-order valence-corrected chi connectivity index (χ1v) is 6.36. The molecule has 3 nitrogen and oxygen atoms in total. The highest BCUT2D eigenvalue weighted by Crippen LogP contribution is 2.19. The van der Waals surface area contributed by atoms with Crippen molar-refractivity contribution in [2.45, 2.75) is 19.9 Å². The van der Waals surface area contributed by atoms with E-state index in [2.05, 4.69) is 5.32 Å². The summed E-state index contributed by atoms with van der Waals surface area (Å²) >= 11 is 0. The minimum Gasteiger partial charge on any atom is -1.00 e. The highest BCUT2D eigenvalue weighted by molar-refractivity contribution is 5.90. The molecule has 7 heteroatoms. The molecule has 1 aromatic heterocycles. The van der Waals surface area contributed by atoms with Gasteiger partial charge in [-0.3, -0.25) is 4.79 Å². The molecular weight excluding hydrogens is 361 g/mol. The molecule has 1 N–H and O–H groups in total. The van der Waals surface area contributed by atoms with Gasteiger partial charge in [-0.05, 0) is 24.6 Å². The van der Waals surface area contributed by atoms with Crippen LogP contribution in [0.25, 0.3) is 0 Å². The molecule has 0 radical (unpaired) electrons. The molecule has 1 amide bonds. The molecule has 0 unspecified atom stereocenters. The first-order chi connectivity index (χ1) is 9.97. The smallest absolute Gasteiger partial charge is 0.230 e. The molecule has 1 aromatic carbocycles. The van der Waals surface area contributed by atoms with Gasteiger partial charge in [0, 0.05) is 12.1 Å². The van der Waals surface area contributed by atoms with Gasteiger partial charge in [0.15, 0.2) is 36.4 Å². The number of aromatic nitrogens is 1. The van der Waals surface area contributed by atoms with Gasteiger partial charge >= 0.3 is 0 Å². The molecule has 0 saturated carbocycles. The summed E-state index contributed by atoms with van der Waals surface area (Å²) < 4.78 is 41.0. The molecule has 2 aromatic rings. The Morgan fingerprint density at radius 3 is 2.36 bits per heavy atom. The number of aryl methyl sites for hydroxylation is 2. The van der Waals surface area contributed by atoms with Crippen LogP contribution in [0.15, 0.2) is 36.7 Å². The van der Waals surface area contributed by atoms with Gasteiger partial charge in [0.05, 0.1) is 12.1 Å². The third-order valence-electron chi connectivity index (χ3n) is 2.96. The standard InChI is InChI=1S/C15H13F3N2O.BrH/c1-10-4-7-20(8-5-10)9-6-13(21)19-12-3-2-11(16)14(17)15(12)18;/h2-5,7-8H,6,9H2,1H3;1H. The summed E-state index contributed by atoms with van der Waals surface area (Å²) in [5, 5.41) is 2.23. The van der Waals surface area contributed by atoms with Gasteiger partial charge < -0.3 is 22.3 Å². The molecule has 1 heterocycles. The van der Waals surface area contributed by atoms with Crippen molar-refractivity contribution < 1.29 is 39.5 Å². The van der Waals surface area contributed by atoms with Crippen LogP contribution in [-0.2, 0) is 11.3 Å². The van der Waals surface area contributed by atoms with Gasteiger partial charge in [-0.2, -0.15) is 0 Å². The van der Waals surface area contributed by atoms with Crippen LogP contribution in [0, 0.1) is 24.4 Å². The summed E-state index contributed by atoms with van der Waals surface area (Å²) in [6.07, 6.45) is 3.73. The van der Waals surface area contributed by atoms with Crippen molar-refractivity contribution in [3.05, 3.63) is 59.7 Å². The van der Waals surface area contributed by atoms with Crippen LogP contribution >= 0.6 is 0 Å². The van der Waals surface area contributed by atoms with Gasteiger partial charge in [-0.15, -0.1) is 0 Å². The number of benzene rings is 1. The Bertz CT molecular complexity index is 663. The third-order valence-corrected chi connectivity index (χ3v) is 2.96. The second kappa shape index (κ2) is 7.93. The average Bonchev–Trinajstić information content (AvgIpc) is 2.47. The third kappa shape index (κ3) is 4.56. The number of carbonyl (C=O) groups excluding carboxylic acids is 1. The number of hydrogen-bond acceptors (Lipinski definition) is 1. The van der Waals surface area contributed by atoms with Crippen molar-refractivity contribution in [3.8, 4) is 0 Å². The molecule has 0 bridgehead atoms. The number of amides is 1. The lowest BCUT2D eigenvalue weighted by molar-refractivity contribution is -0.695. The molecule has 0 saturated heterocycles. The van der Waals surface area contributed by atoms with E-state index in [0.29, 0.717) is 6.54 Å². The highest BCUT2D eigenvalue weighted by atomic mass is 79.9. The van der Waals surface area contributed by atoms with Crippen LogP contribution in [0.4, 0.5) is 18.9 Å². The van der Waals surface area contributed by atoms with E-state index in [-0.39, 0.29) is 29.1 Å². The van der Waals surface area contributed by atoms with Crippen molar-refractivity contribution in [3.63, 3.8) is 0 Å². The SMILES string of the molecule is Cc1cc[n+](CCC(=O)Nc2ccc(F)c(F)c2F)cc1.[Br-]. The topological polar surface area (TPSA) is 33.0 Å². The fourth-order valence-corrected chi connectivity index (χ4v) is 1.75. The van der Waals surface area contributed by atoms with Crippen LogP contribution in [0.5, 0.6) is 0 Å². The van der Waals surface area contributed by atoms with E-state index < -0.39 is 23.4 Å². The molecule has 0 fully saturated rings. The molecule has 0 atom stereocenters. The lowest BCUT2D eigenvalue weighted by atomic mass is 10.2. The summed E-state index contributed by atoms with van der Waals surface area (Å²) in [6, 6.07) is 5.55. The second-order valence-corrected chi connectivity index (χ2v) is 4.63. The maximum absolute atomic E-state index is 13.4. The van der Waals surface area contributed by atoms with E-state index in [0.717, 1.165) is 17.7 Å². The first kappa shape index (κ1) is 18.2. The fourth-order valence-electron chi connectivity index (χ4n) is 1.75. The normalized spacial score (nSPS) is 10.0. The molecular formula is C15H14BrF3N2O. The van der Waals surface area contributed by atoms with Crippen LogP contribution in [-0.4, -0.2) is 5.91 Å². The minimum absolute atomic E-state index is 0. The summed E-state index contributed by atoms with van der Waals surface area (Å²) in [5.74, 6) is -4.76.